The van der Waals surface area contributed by atoms with Crippen LogP contribution in [0, 0.1) is 0 Å². The predicted molar refractivity (Wildman–Crippen MR) is 31.5 cm³/mol. The Morgan fingerprint density at radius 3 is 1.70 bits per heavy atom. The molecule has 2 N–H and O–H groups in total. The van der Waals surface area contributed by atoms with E-state index in [2.05, 4.69) is 0 Å². The number of fused-ring (bicyclic) bond motifs is 1. The molecule has 0 aromatic rings. The van der Waals surface area contributed by atoms with Crippen LogP contribution in [0.5, 0.6) is 0 Å². The van der Waals surface area contributed by atoms with E-state index in [4.69, 9.17) is 19.7 Å². The summed E-state index contributed by atoms with van der Waals surface area (Å²) in [5.74, 6) is 0. The maximum Gasteiger partial charge on any atom is 0.114 e. The number of ether oxygens (including phenoxy) is 2. The lowest BCUT2D eigenvalue weighted by Crippen LogP contribution is -2.30. The minimum Gasteiger partial charge on any atom is -0.388 e. The third kappa shape index (κ3) is 0.769. The van der Waals surface area contributed by atoms with Crippen LogP contribution in [0.4, 0.5) is 0 Å². The second kappa shape index (κ2) is 2.17. The topological polar surface area (TPSA) is 58.9 Å². The monoisotopic (exact) mass is 146 g/mol. The van der Waals surface area contributed by atoms with E-state index in [1.807, 2.05) is 0 Å². The summed E-state index contributed by atoms with van der Waals surface area (Å²) in [4.78, 5) is 0. The van der Waals surface area contributed by atoms with Gasteiger partial charge in [-0.15, -0.1) is 0 Å². The molecule has 0 unspecified atom stereocenters. The molecule has 10 heavy (non-hydrogen) atoms. The van der Waals surface area contributed by atoms with Gasteiger partial charge in [-0.3, -0.25) is 0 Å². The van der Waals surface area contributed by atoms with E-state index >= 15 is 0 Å². The van der Waals surface area contributed by atoms with Crippen molar-refractivity contribution in [3.63, 3.8) is 0 Å². The van der Waals surface area contributed by atoms with Crippen molar-refractivity contribution in [1.29, 1.82) is 0 Å². The van der Waals surface area contributed by atoms with Crippen molar-refractivity contribution in [2.45, 2.75) is 24.4 Å². The fraction of sp³-hybridized carbons (Fsp3) is 1.00. The highest BCUT2D eigenvalue weighted by atomic mass is 16.6. The lowest BCUT2D eigenvalue weighted by Gasteiger charge is -2.09. The van der Waals surface area contributed by atoms with E-state index in [1.165, 1.54) is 0 Å². The molecule has 0 amide bonds. The summed E-state index contributed by atoms with van der Waals surface area (Å²) in [5.41, 5.74) is 0. The Bertz CT molecular complexity index is 122. The van der Waals surface area contributed by atoms with Crippen molar-refractivity contribution in [2.24, 2.45) is 0 Å². The first-order chi connectivity index (χ1) is 4.79. The fourth-order valence-corrected chi connectivity index (χ4v) is 1.46. The van der Waals surface area contributed by atoms with Crippen LogP contribution in [0.3, 0.4) is 0 Å². The summed E-state index contributed by atoms with van der Waals surface area (Å²) in [6, 6.07) is 0. The van der Waals surface area contributed by atoms with Gasteiger partial charge in [-0.25, -0.2) is 0 Å². The first-order valence-electron chi connectivity index (χ1n) is 3.38. The molecule has 2 saturated heterocycles. The average Bonchev–Trinajstić information content (AvgIpc) is 2.41. The first kappa shape index (κ1) is 6.54. The molecule has 2 aliphatic heterocycles. The second-order valence-electron chi connectivity index (χ2n) is 2.73. The Morgan fingerprint density at radius 1 is 0.900 bits per heavy atom. The van der Waals surface area contributed by atoms with Crippen LogP contribution >= 0.6 is 0 Å². The zero-order valence-corrected chi connectivity index (χ0v) is 5.43. The molecule has 4 atom stereocenters. The Morgan fingerprint density at radius 2 is 1.30 bits per heavy atom. The van der Waals surface area contributed by atoms with Crippen LogP contribution in [-0.2, 0) is 9.47 Å². The molecule has 0 spiro atoms. The predicted octanol–water partition coefficient (Wildman–Crippen LogP) is -1.49. The Balaban J connectivity index is 2.09. The molecular formula is C6H10O4. The summed E-state index contributed by atoms with van der Waals surface area (Å²) in [6.45, 7) is 0.568. The van der Waals surface area contributed by atoms with Crippen LogP contribution < -0.4 is 0 Å². The number of aliphatic hydroxyl groups excluding tert-OH is 2. The van der Waals surface area contributed by atoms with E-state index in [-0.39, 0.29) is 25.4 Å². The van der Waals surface area contributed by atoms with Crippen molar-refractivity contribution in [1.82, 2.24) is 0 Å². The molecule has 2 rings (SSSR count). The Kier molecular flexibility index (Phi) is 1.42. The highest BCUT2D eigenvalue weighted by Gasteiger charge is 2.46. The highest BCUT2D eigenvalue weighted by Crippen LogP contribution is 2.26. The van der Waals surface area contributed by atoms with Crippen LogP contribution in [0.25, 0.3) is 0 Å². The Hall–Kier alpha value is -0.160. The standard InChI is InChI=1S/C6H10O4/c7-3-1-9-6-4(8)2-10-5(3)6/h3-8H,1-2H2/t3-,4-,5-,6+/m1/s1. The van der Waals surface area contributed by atoms with E-state index in [9.17, 15) is 0 Å². The second-order valence-corrected chi connectivity index (χ2v) is 2.73. The van der Waals surface area contributed by atoms with Crippen molar-refractivity contribution < 1.29 is 19.7 Å². The van der Waals surface area contributed by atoms with E-state index in [0.29, 0.717) is 0 Å². The fourth-order valence-electron chi connectivity index (χ4n) is 1.46. The number of hydrogen-bond donors (Lipinski definition) is 2. The normalized spacial score (nSPS) is 53.4. The van der Waals surface area contributed by atoms with Gasteiger partial charge in [0, 0.05) is 0 Å². The largest absolute Gasteiger partial charge is 0.388 e. The zero-order chi connectivity index (χ0) is 7.14. The minimum atomic E-state index is -0.554. The molecule has 0 saturated carbocycles. The van der Waals surface area contributed by atoms with Crippen LogP contribution in [0.15, 0.2) is 0 Å². The summed E-state index contributed by atoms with van der Waals surface area (Å²) in [7, 11) is 0. The van der Waals surface area contributed by atoms with E-state index in [0.717, 1.165) is 0 Å². The third-order valence-corrected chi connectivity index (χ3v) is 2.00. The molecule has 58 valence electrons. The van der Waals surface area contributed by atoms with Gasteiger partial charge in [0.1, 0.15) is 24.4 Å². The van der Waals surface area contributed by atoms with Gasteiger partial charge in [0.05, 0.1) is 13.2 Å². The van der Waals surface area contributed by atoms with Crippen LogP contribution in [0.1, 0.15) is 0 Å². The summed E-state index contributed by atoms with van der Waals surface area (Å²) < 4.78 is 10.2. The molecule has 2 aliphatic rings. The van der Waals surface area contributed by atoms with Gasteiger partial charge in [-0.1, -0.05) is 0 Å². The molecule has 0 bridgehead atoms. The van der Waals surface area contributed by atoms with Crippen LogP contribution in [-0.4, -0.2) is 47.8 Å². The van der Waals surface area contributed by atoms with Crippen LogP contribution in [0.2, 0.25) is 0 Å². The zero-order valence-electron chi connectivity index (χ0n) is 5.43. The van der Waals surface area contributed by atoms with Crippen molar-refractivity contribution >= 4 is 0 Å². The van der Waals surface area contributed by atoms with Gasteiger partial charge in [0.15, 0.2) is 0 Å². The molecule has 0 aromatic heterocycles. The summed E-state index contributed by atoms with van der Waals surface area (Å²) in [6.07, 6.45) is -1.70. The molecule has 0 aromatic carbocycles. The first-order valence-corrected chi connectivity index (χ1v) is 3.38. The molecule has 4 heteroatoms. The lowest BCUT2D eigenvalue weighted by molar-refractivity contribution is 0.00205. The lowest BCUT2D eigenvalue weighted by atomic mass is 10.1. The van der Waals surface area contributed by atoms with Crippen molar-refractivity contribution in [3.05, 3.63) is 0 Å². The van der Waals surface area contributed by atoms with Crippen molar-refractivity contribution in [2.75, 3.05) is 13.2 Å². The molecule has 0 aliphatic carbocycles. The van der Waals surface area contributed by atoms with Gasteiger partial charge in [-0.2, -0.15) is 0 Å². The van der Waals surface area contributed by atoms with Gasteiger partial charge < -0.3 is 19.7 Å². The number of aliphatic hydroxyl groups is 2. The van der Waals surface area contributed by atoms with E-state index in [1.54, 1.807) is 0 Å². The number of rotatable bonds is 0. The SMILES string of the molecule is O[C@@H]1CO[C@H]2[C@H]1OC[C@H]2O. The quantitative estimate of drug-likeness (QED) is 0.437. The Labute approximate surface area is 58.4 Å². The molecule has 0 radical (unpaired) electrons. The van der Waals surface area contributed by atoms with Crippen molar-refractivity contribution in [3.8, 4) is 0 Å². The van der Waals surface area contributed by atoms with Gasteiger partial charge in [0.2, 0.25) is 0 Å². The maximum atomic E-state index is 9.16. The maximum absolute atomic E-state index is 9.16. The van der Waals surface area contributed by atoms with E-state index < -0.39 is 12.2 Å². The highest BCUT2D eigenvalue weighted by molar-refractivity contribution is 4.93. The minimum absolute atomic E-state index is 0.284. The molecule has 2 fully saturated rings. The summed E-state index contributed by atoms with van der Waals surface area (Å²) >= 11 is 0. The van der Waals surface area contributed by atoms with Gasteiger partial charge in [0.25, 0.3) is 0 Å². The van der Waals surface area contributed by atoms with Gasteiger partial charge in [-0.05, 0) is 0 Å². The molecule has 2 heterocycles. The van der Waals surface area contributed by atoms with Gasteiger partial charge >= 0.3 is 0 Å². The third-order valence-electron chi connectivity index (χ3n) is 2.00. The number of hydrogen-bond acceptors (Lipinski definition) is 4. The summed E-state index contributed by atoms with van der Waals surface area (Å²) in [5, 5.41) is 18.3. The molecular weight excluding hydrogens is 136 g/mol. The smallest absolute Gasteiger partial charge is 0.114 e. The average molecular weight is 146 g/mol. The molecule has 4 nitrogen and oxygen atoms in total.